The highest BCUT2D eigenvalue weighted by molar-refractivity contribution is 7.86. The van der Waals surface area contributed by atoms with Gasteiger partial charge in [-0.05, 0) is 71.2 Å². The van der Waals surface area contributed by atoms with E-state index in [0.717, 1.165) is 11.6 Å². The zero-order chi connectivity index (χ0) is 23.2. The molecule has 0 fully saturated rings. The lowest BCUT2D eigenvalue weighted by atomic mass is 10.00. The molecule has 31 heavy (non-hydrogen) atoms. The van der Waals surface area contributed by atoms with Gasteiger partial charge in [0.1, 0.15) is 5.60 Å². The van der Waals surface area contributed by atoms with Crippen molar-refractivity contribution in [1.29, 1.82) is 0 Å². The van der Waals surface area contributed by atoms with Crippen LogP contribution < -0.4 is 0 Å². The van der Waals surface area contributed by atoms with Crippen LogP contribution in [-0.2, 0) is 25.5 Å². The van der Waals surface area contributed by atoms with Crippen molar-refractivity contribution >= 4 is 16.1 Å². The average Bonchev–Trinajstić information content (AvgIpc) is 2.66. The minimum Gasteiger partial charge on any atom is -0.456 e. The first-order valence-corrected chi connectivity index (χ1v) is 11.5. The molecule has 0 bridgehead atoms. The highest BCUT2D eigenvalue weighted by Crippen LogP contribution is 2.23. The van der Waals surface area contributed by atoms with Crippen molar-refractivity contribution in [1.82, 2.24) is 0 Å². The summed E-state index contributed by atoms with van der Waals surface area (Å²) >= 11 is 0. The molecule has 0 unspecified atom stereocenters. The van der Waals surface area contributed by atoms with Gasteiger partial charge in [-0.1, -0.05) is 24.1 Å². The quantitative estimate of drug-likeness (QED) is 0.290. The Balaban J connectivity index is 1.91. The number of carbonyl (C=O) groups is 1. The maximum absolute atomic E-state index is 14.3. The minimum atomic E-state index is -3.83. The molecule has 0 spiro atoms. The van der Waals surface area contributed by atoms with Gasteiger partial charge in [0, 0.05) is 5.56 Å². The lowest BCUT2D eigenvalue weighted by Gasteiger charge is -2.20. The van der Waals surface area contributed by atoms with Crippen LogP contribution in [-0.4, -0.2) is 26.6 Å². The van der Waals surface area contributed by atoms with E-state index in [1.54, 1.807) is 32.9 Å². The predicted octanol–water partition coefficient (Wildman–Crippen LogP) is 5.35. The second kappa shape index (κ2) is 10.3. The van der Waals surface area contributed by atoms with Gasteiger partial charge in [-0.25, -0.2) is 13.6 Å². The molecule has 8 heteroatoms. The molecule has 0 aromatic heterocycles. The van der Waals surface area contributed by atoms with E-state index in [4.69, 9.17) is 8.92 Å². The van der Waals surface area contributed by atoms with E-state index in [1.165, 1.54) is 18.2 Å². The molecule has 0 radical (unpaired) electrons. The molecule has 0 amide bonds. The van der Waals surface area contributed by atoms with Gasteiger partial charge in [0.2, 0.25) is 0 Å². The van der Waals surface area contributed by atoms with Crippen LogP contribution >= 0.6 is 0 Å². The van der Waals surface area contributed by atoms with Gasteiger partial charge in [0.25, 0.3) is 10.1 Å². The second-order valence-corrected chi connectivity index (χ2v) is 9.90. The SMILES string of the molecule is Cc1ccc(S(=O)(=O)OCCCCCc2c(C(=O)OC(C)(C)C)ccc(F)c2F)cc1. The molecule has 0 aliphatic carbocycles. The smallest absolute Gasteiger partial charge is 0.339 e. The summed E-state index contributed by atoms with van der Waals surface area (Å²) in [5.74, 6) is -2.81. The molecule has 0 saturated carbocycles. The van der Waals surface area contributed by atoms with Crippen molar-refractivity contribution in [3.8, 4) is 0 Å². The van der Waals surface area contributed by atoms with Crippen molar-refractivity contribution in [2.45, 2.75) is 63.9 Å². The zero-order valence-electron chi connectivity index (χ0n) is 18.2. The van der Waals surface area contributed by atoms with Gasteiger partial charge in [-0.2, -0.15) is 8.42 Å². The van der Waals surface area contributed by atoms with Gasteiger partial charge < -0.3 is 4.74 Å². The van der Waals surface area contributed by atoms with Crippen molar-refractivity contribution in [2.75, 3.05) is 6.61 Å². The predicted molar refractivity (Wildman–Crippen MR) is 113 cm³/mol. The number of ether oxygens (including phenoxy) is 1. The molecule has 2 aromatic carbocycles. The van der Waals surface area contributed by atoms with Crippen LogP contribution in [0, 0.1) is 18.6 Å². The third-order valence-corrected chi connectivity index (χ3v) is 5.76. The number of halogens is 2. The topological polar surface area (TPSA) is 69.7 Å². The molecular formula is C23H28F2O5S. The second-order valence-electron chi connectivity index (χ2n) is 8.29. The van der Waals surface area contributed by atoms with Crippen LogP contribution in [0.1, 0.15) is 61.5 Å². The summed E-state index contributed by atoms with van der Waals surface area (Å²) in [5.41, 5.74) is 0.128. The third-order valence-electron chi connectivity index (χ3n) is 4.43. The maximum atomic E-state index is 14.3. The standard InChI is InChI=1S/C23H28F2O5S/c1-16-9-11-17(12-10-16)31(27,28)29-15-7-5-6-8-18-19(13-14-20(24)21(18)25)22(26)30-23(2,3)4/h9-14H,5-8,15H2,1-4H3. The fourth-order valence-electron chi connectivity index (χ4n) is 2.88. The van der Waals surface area contributed by atoms with Crippen molar-refractivity contribution in [2.24, 2.45) is 0 Å². The number of rotatable bonds is 9. The van der Waals surface area contributed by atoms with E-state index in [-0.39, 0.29) is 29.1 Å². The lowest BCUT2D eigenvalue weighted by molar-refractivity contribution is 0.00674. The van der Waals surface area contributed by atoms with Crippen LogP contribution in [0.3, 0.4) is 0 Å². The minimum absolute atomic E-state index is 0.00739. The normalized spacial score (nSPS) is 12.1. The molecule has 5 nitrogen and oxygen atoms in total. The van der Waals surface area contributed by atoms with Gasteiger partial charge >= 0.3 is 5.97 Å². The Kier molecular flexibility index (Phi) is 8.31. The molecule has 0 aliphatic heterocycles. The summed E-state index contributed by atoms with van der Waals surface area (Å²) in [6.07, 6.45) is 1.45. The Hall–Kier alpha value is -2.32. The fourth-order valence-corrected chi connectivity index (χ4v) is 3.83. The zero-order valence-corrected chi connectivity index (χ0v) is 19.0. The van der Waals surface area contributed by atoms with Crippen molar-refractivity contribution < 1.29 is 30.9 Å². The lowest BCUT2D eigenvalue weighted by Crippen LogP contribution is -2.25. The van der Waals surface area contributed by atoms with Crippen LogP contribution in [0.5, 0.6) is 0 Å². The number of carbonyl (C=O) groups excluding carboxylic acids is 1. The first-order chi connectivity index (χ1) is 14.4. The van der Waals surface area contributed by atoms with Gasteiger partial charge in [-0.15, -0.1) is 0 Å². The maximum Gasteiger partial charge on any atom is 0.339 e. The highest BCUT2D eigenvalue weighted by atomic mass is 32.2. The Morgan fingerprint density at radius 2 is 1.61 bits per heavy atom. The van der Waals surface area contributed by atoms with Gasteiger partial charge in [0.15, 0.2) is 11.6 Å². The number of esters is 1. The summed E-state index contributed by atoms with van der Waals surface area (Å²) in [6.45, 7) is 6.90. The average molecular weight is 455 g/mol. The van der Waals surface area contributed by atoms with E-state index in [1.807, 2.05) is 6.92 Å². The Morgan fingerprint density at radius 1 is 0.968 bits per heavy atom. The molecule has 170 valence electrons. The Morgan fingerprint density at radius 3 is 2.23 bits per heavy atom. The van der Waals surface area contributed by atoms with Crippen LogP contribution in [0.2, 0.25) is 0 Å². The Labute approximate surface area is 182 Å². The van der Waals surface area contributed by atoms with E-state index in [2.05, 4.69) is 0 Å². The summed E-state index contributed by atoms with van der Waals surface area (Å²) in [4.78, 5) is 12.4. The highest BCUT2D eigenvalue weighted by Gasteiger charge is 2.23. The van der Waals surface area contributed by atoms with E-state index in [0.29, 0.717) is 19.3 Å². The first kappa shape index (κ1) is 24.9. The molecule has 0 saturated heterocycles. The van der Waals surface area contributed by atoms with E-state index >= 15 is 0 Å². The largest absolute Gasteiger partial charge is 0.456 e. The monoisotopic (exact) mass is 454 g/mol. The molecule has 0 N–H and O–H groups in total. The van der Waals surface area contributed by atoms with Crippen LogP contribution in [0.4, 0.5) is 8.78 Å². The van der Waals surface area contributed by atoms with Crippen LogP contribution in [0.15, 0.2) is 41.3 Å². The van der Waals surface area contributed by atoms with E-state index < -0.39 is 33.3 Å². The Bertz CT molecular complexity index is 1010. The molecular weight excluding hydrogens is 426 g/mol. The third kappa shape index (κ3) is 7.40. The van der Waals surface area contributed by atoms with E-state index in [9.17, 15) is 22.0 Å². The first-order valence-electron chi connectivity index (χ1n) is 10.1. The molecule has 0 atom stereocenters. The summed E-state index contributed by atoms with van der Waals surface area (Å²) in [7, 11) is -3.83. The molecule has 2 rings (SSSR count). The van der Waals surface area contributed by atoms with Crippen LogP contribution in [0.25, 0.3) is 0 Å². The molecule has 0 heterocycles. The number of unbranched alkanes of at least 4 members (excludes halogenated alkanes) is 2. The fraction of sp³-hybridized carbons (Fsp3) is 0.435. The molecule has 0 aliphatic rings. The number of benzene rings is 2. The summed E-state index contributed by atoms with van der Waals surface area (Å²) < 4.78 is 62.6. The van der Waals surface area contributed by atoms with Gasteiger partial charge in [0.05, 0.1) is 17.1 Å². The summed E-state index contributed by atoms with van der Waals surface area (Å²) in [6, 6.07) is 8.46. The number of hydrogen-bond acceptors (Lipinski definition) is 5. The molecule has 2 aromatic rings. The number of aryl methyl sites for hydroxylation is 1. The van der Waals surface area contributed by atoms with Crippen molar-refractivity contribution in [3.63, 3.8) is 0 Å². The van der Waals surface area contributed by atoms with Gasteiger partial charge in [-0.3, -0.25) is 4.18 Å². The number of hydrogen-bond donors (Lipinski definition) is 0. The summed E-state index contributed by atoms with van der Waals surface area (Å²) in [5, 5.41) is 0. The van der Waals surface area contributed by atoms with Crippen molar-refractivity contribution in [3.05, 3.63) is 64.7 Å².